The van der Waals surface area contributed by atoms with E-state index in [4.69, 9.17) is 10.5 Å². The van der Waals surface area contributed by atoms with Gasteiger partial charge in [-0.15, -0.1) is 0 Å². The minimum atomic E-state index is 0.634. The molecule has 3 nitrogen and oxygen atoms in total. The molecule has 0 amide bonds. The standard InChI is InChI=1S/C11H11BrN2O/c1-6-3-7(15-2)4-8-10(12)9(13)5-14-11(6)8/h3-5H,13H2,1-2H3. The molecule has 0 saturated carbocycles. The lowest BCUT2D eigenvalue weighted by atomic mass is 10.1. The Kier molecular flexibility index (Phi) is 2.52. The van der Waals surface area contributed by atoms with Gasteiger partial charge in [-0.2, -0.15) is 0 Å². The van der Waals surface area contributed by atoms with Crippen LogP contribution in [0.2, 0.25) is 0 Å². The molecular formula is C11H11BrN2O. The first-order valence-electron chi connectivity index (χ1n) is 4.52. The van der Waals surface area contributed by atoms with Crippen LogP contribution in [-0.4, -0.2) is 12.1 Å². The Balaban J connectivity index is 2.86. The largest absolute Gasteiger partial charge is 0.497 e. The second-order valence-electron chi connectivity index (χ2n) is 3.37. The zero-order chi connectivity index (χ0) is 11.0. The molecule has 1 aromatic carbocycles. The molecule has 0 saturated heterocycles. The molecule has 0 fully saturated rings. The van der Waals surface area contributed by atoms with E-state index < -0.39 is 0 Å². The number of aryl methyl sites for hydroxylation is 1. The van der Waals surface area contributed by atoms with E-state index in [1.807, 2.05) is 19.1 Å². The van der Waals surface area contributed by atoms with Crippen LogP contribution in [-0.2, 0) is 0 Å². The Morgan fingerprint density at radius 3 is 2.80 bits per heavy atom. The fourth-order valence-corrected chi connectivity index (χ4v) is 1.95. The van der Waals surface area contributed by atoms with E-state index >= 15 is 0 Å². The number of nitrogen functional groups attached to an aromatic ring is 1. The maximum Gasteiger partial charge on any atom is 0.119 e. The quantitative estimate of drug-likeness (QED) is 0.864. The number of nitrogens with two attached hydrogens (primary N) is 1. The maximum atomic E-state index is 5.78. The van der Waals surface area contributed by atoms with Crippen molar-refractivity contribution in [2.24, 2.45) is 0 Å². The minimum absolute atomic E-state index is 0.634. The van der Waals surface area contributed by atoms with E-state index in [0.29, 0.717) is 5.69 Å². The van der Waals surface area contributed by atoms with Gasteiger partial charge in [0.1, 0.15) is 5.75 Å². The number of pyridine rings is 1. The van der Waals surface area contributed by atoms with Crippen molar-refractivity contribution in [3.05, 3.63) is 28.4 Å². The summed E-state index contributed by atoms with van der Waals surface area (Å²) in [7, 11) is 1.65. The van der Waals surface area contributed by atoms with Gasteiger partial charge in [-0.3, -0.25) is 4.98 Å². The highest BCUT2D eigenvalue weighted by atomic mass is 79.9. The maximum absolute atomic E-state index is 5.78. The summed E-state index contributed by atoms with van der Waals surface area (Å²) >= 11 is 3.46. The normalized spacial score (nSPS) is 10.6. The molecule has 0 aliphatic rings. The van der Waals surface area contributed by atoms with E-state index in [-0.39, 0.29) is 0 Å². The van der Waals surface area contributed by atoms with Gasteiger partial charge < -0.3 is 10.5 Å². The molecule has 4 heteroatoms. The van der Waals surface area contributed by atoms with Crippen molar-refractivity contribution in [2.75, 3.05) is 12.8 Å². The van der Waals surface area contributed by atoms with Gasteiger partial charge in [0.2, 0.25) is 0 Å². The molecule has 2 rings (SSSR count). The van der Waals surface area contributed by atoms with Crippen molar-refractivity contribution in [3.8, 4) is 5.75 Å². The minimum Gasteiger partial charge on any atom is -0.497 e. The smallest absolute Gasteiger partial charge is 0.119 e. The SMILES string of the molecule is COc1cc(C)c2ncc(N)c(Br)c2c1. The summed E-state index contributed by atoms with van der Waals surface area (Å²) in [5, 5.41) is 0.979. The van der Waals surface area contributed by atoms with Gasteiger partial charge in [0.15, 0.2) is 0 Å². The summed E-state index contributed by atoms with van der Waals surface area (Å²) in [6.07, 6.45) is 1.66. The number of hydrogen-bond acceptors (Lipinski definition) is 3. The summed E-state index contributed by atoms with van der Waals surface area (Å²) in [5.41, 5.74) is 8.43. The van der Waals surface area contributed by atoms with Crippen LogP contribution in [0.4, 0.5) is 5.69 Å². The van der Waals surface area contributed by atoms with Crippen LogP contribution in [0.15, 0.2) is 22.8 Å². The Labute approximate surface area is 96.4 Å². The van der Waals surface area contributed by atoms with Gasteiger partial charge in [0, 0.05) is 5.39 Å². The molecule has 0 radical (unpaired) electrons. The Morgan fingerprint density at radius 2 is 2.13 bits per heavy atom. The molecule has 0 aliphatic carbocycles. The lowest BCUT2D eigenvalue weighted by molar-refractivity contribution is 0.415. The average molecular weight is 267 g/mol. The molecule has 0 bridgehead atoms. The topological polar surface area (TPSA) is 48.1 Å². The number of ether oxygens (including phenoxy) is 1. The third-order valence-electron chi connectivity index (χ3n) is 2.33. The number of hydrogen-bond donors (Lipinski definition) is 1. The average Bonchev–Trinajstić information content (AvgIpc) is 2.23. The molecular weight excluding hydrogens is 256 g/mol. The molecule has 0 aliphatic heterocycles. The first kappa shape index (κ1) is 10.2. The van der Waals surface area contributed by atoms with Gasteiger partial charge in [0.05, 0.1) is 29.0 Å². The fraction of sp³-hybridized carbons (Fsp3) is 0.182. The van der Waals surface area contributed by atoms with Gasteiger partial charge >= 0.3 is 0 Å². The molecule has 0 unspecified atom stereocenters. The predicted octanol–water partition coefficient (Wildman–Crippen LogP) is 2.90. The van der Waals surface area contributed by atoms with Crippen molar-refractivity contribution >= 4 is 32.5 Å². The number of methoxy groups -OCH3 is 1. The van der Waals surface area contributed by atoms with E-state index in [1.165, 1.54) is 0 Å². The van der Waals surface area contributed by atoms with Crippen molar-refractivity contribution < 1.29 is 4.74 Å². The van der Waals surface area contributed by atoms with E-state index in [2.05, 4.69) is 20.9 Å². The Bertz CT molecular complexity index is 525. The first-order chi connectivity index (χ1) is 7.13. The number of halogens is 1. The number of nitrogens with zero attached hydrogens (tertiary/aromatic N) is 1. The lowest BCUT2D eigenvalue weighted by Crippen LogP contribution is -1.93. The number of anilines is 1. The van der Waals surface area contributed by atoms with Crippen LogP contribution in [0.25, 0.3) is 10.9 Å². The highest BCUT2D eigenvalue weighted by Gasteiger charge is 2.07. The third kappa shape index (κ3) is 1.65. The molecule has 0 atom stereocenters. The van der Waals surface area contributed by atoms with Gasteiger partial charge in [-0.1, -0.05) is 0 Å². The molecule has 0 spiro atoms. The number of rotatable bonds is 1. The highest BCUT2D eigenvalue weighted by molar-refractivity contribution is 9.10. The molecule has 78 valence electrons. The second-order valence-corrected chi connectivity index (χ2v) is 4.16. The van der Waals surface area contributed by atoms with Crippen molar-refractivity contribution in [1.82, 2.24) is 4.98 Å². The molecule has 1 aromatic heterocycles. The third-order valence-corrected chi connectivity index (χ3v) is 3.22. The molecule has 15 heavy (non-hydrogen) atoms. The van der Waals surface area contributed by atoms with Gasteiger partial charge in [-0.05, 0) is 40.5 Å². The Hall–Kier alpha value is -1.29. The lowest BCUT2D eigenvalue weighted by Gasteiger charge is -2.08. The predicted molar refractivity (Wildman–Crippen MR) is 65.1 cm³/mol. The van der Waals surface area contributed by atoms with Crippen LogP contribution < -0.4 is 10.5 Å². The summed E-state index contributed by atoms with van der Waals surface area (Å²) in [4.78, 5) is 4.31. The van der Waals surface area contributed by atoms with E-state index in [0.717, 1.165) is 26.7 Å². The van der Waals surface area contributed by atoms with Gasteiger partial charge in [-0.25, -0.2) is 0 Å². The molecule has 2 N–H and O–H groups in total. The van der Waals surface area contributed by atoms with Crippen molar-refractivity contribution in [3.63, 3.8) is 0 Å². The van der Waals surface area contributed by atoms with Crippen LogP contribution in [0.5, 0.6) is 5.75 Å². The zero-order valence-electron chi connectivity index (χ0n) is 8.54. The molecule has 2 aromatic rings. The second kappa shape index (κ2) is 3.70. The van der Waals surface area contributed by atoms with E-state index in [1.54, 1.807) is 13.3 Å². The summed E-state index contributed by atoms with van der Waals surface area (Å²) < 4.78 is 6.08. The first-order valence-corrected chi connectivity index (χ1v) is 5.31. The van der Waals surface area contributed by atoms with Crippen molar-refractivity contribution in [1.29, 1.82) is 0 Å². The van der Waals surface area contributed by atoms with Crippen LogP contribution in [0.3, 0.4) is 0 Å². The summed E-state index contributed by atoms with van der Waals surface area (Å²) in [5.74, 6) is 0.813. The zero-order valence-corrected chi connectivity index (χ0v) is 10.1. The van der Waals surface area contributed by atoms with Crippen LogP contribution >= 0.6 is 15.9 Å². The number of benzene rings is 1. The van der Waals surface area contributed by atoms with Crippen molar-refractivity contribution in [2.45, 2.75) is 6.92 Å². The summed E-state index contributed by atoms with van der Waals surface area (Å²) in [6.45, 7) is 2.00. The van der Waals surface area contributed by atoms with Crippen LogP contribution in [0.1, 0.15) is 5.56 Å². The highest BCUT2D eigenvalue weighted by Crippen LogP contribution is 2.32. The molecule has 1 heterocycles. The van der Waals surface area contributed by atoms with Gasteiger partial charge in [0.25, 0.3) is 0 Å². The Morgan fingerprint density at radius 1 is 1.40 bits per heavy atom. The van der Waals surface area contributed by atoms with Crippen LogP contribution in [0, 0.1) is 6.92 Å². The van der Waals surface area contributed by atoms with E-state index in [9.17, 15) is 0 Å². The number of aromatic nitrogens is 1. The monoisotopic (exact) mass is 266 g/mol. The number of fused-ring (bicyclic) bond motifs is 1. The fourth-order valence-electron chi connectivity index (χ4n) is 1.55. The summed E-state index contributed by atoms with van der Waals surface area (Å²) in [6, 6.07) is 3.88.